The Labute approximate surface area is 114 Å². The van der Waals surface area contributed by atoms with Gasteiger partial charge >= 0.3 is 0 Å². The van der Waals surface area contributed by atoms with Crippen LogP contribution < -0.4 is 5.32 Å². The minimum absolute atomic E-state index is 0.0277. The highest BCUT2D eigenvalue weighted by Crippen LogP contribution is 2.06. The smallest absolute Gasteiger partial charge is 0.221 e. The highest BCUT2D eigenvalue weighted by molar-refractivity contribution is 5.78. The van der Waals surface area contributed by atoms with Crippen molar-refractivity contribution in [2.45, 2.75) is 46.2 Å². The molecule has 1 aromatic rings. The minimum Gasteiger partial charge on any atom is -0.467 e. The molecule has 0 saturated carbocycles. The highest BCUT2D eigenvalue weighted by atomic mass is 16.3. The second-order valence-corrected chi connectivity index (χ2v) is 4.65. The standard InChI is InChI=1S/C14H22N2O3/c1-4-11(2)15-14(18)7-8-16(12(3)17)10-13-6-5-9-19-13/h5-6,9,11H,4,7-8,10H2,1-3H3,(H,15,18). The molecule has 0 aliphatic heterocycles. The van der Waals surface area contributed by atoms with Gasteiger partial charge < -0.3 is 14.6 Å². The number of hydrogen-bond acceptors (Lipinski definition) is 3. The fourth-order valence-corrected chi connectivity index (χ4v) is 1.62. The number of carbonyl (C=O) groups is 2. The first-order valence-corrected chi connectivity index (χ1v) is 6.60. The topological polar surface area (TPSA) is 62.6 Å². The van der Waals surface area contributed by atoms with E-state index in [9.17, 15) is 9.59 Å². The summed E-state index contributed by atoms with van der Waals surface area (Å²) in [6.07, 6.45) is 2.78. The summed E-state index contributed by atoms with van der Waals surface area (Å²) >= 11 is 0. The van der Waals surface area contributed by atoms with E-state index in [1.54, 1.807) is 17.2 Å². The van der Waals surface area contributed by atoms with Crippen LogP contribution in [0.5, 0.6) is 0 Å². The number of amides is 2. The van der Waals surface area contributed by atoms with Crippen LogP contribution in [0.25, 0.3) is 0 Å². The summed E-state index contributed by atoms with van der Waals surface area (Å²) in [5, 5.41) is 2.88. The van der Waals surface area contributed by atoms with Gasteiger partial charge in [-0.05, 0) is 25.5 Å². The molecule has 19 heavy (non-hydrogen) atoms. The van der Waals surface area contributed by atoms with Crippen molar-refractivity contribution < 1.29 is 14.0 Å². The van der Waals surface area contributed by atoms with Gasteiger partial charge in [-0.15, -0.1) is 0 Å². The zero-order valence-corrected chi connectivity index (χ0v) is 11.8. The maximum atomic E-state index is 11.7. The van der Waals surface area contributed by atoms with E-state index in [4.69, 9.17) is 4.42 Å². The Bertz CT molecular complexity index is 401. The van der Waals surface area contributed by atoms with Crippen molar-refractivity contribution in [3.63, 3.8) is 0 Å². The van der Waals surface area contributed by atoms with Crippen molar-refractivity contribution in [2.24, 2.45) is 0 Å². The van der Waals surface area contributed by atoms with E-state index in [-0.39, 0.29) is 17.9 Å². The van der Waals surface area contributed by atoms with Crippen LogP contribution in [0, 0.1) is 0 Å². The first-order valence-electron chi connectivity index (χ1n) is 6.60. The van der Waals surface area contributed by atoms with E-state index in [2.05, 4.69) is 5.32 Å². The first-order chi connectivity index (χ1) is 9.02. The lowest BCUT2D eigenvalue weighted by Gasteiger charge is -2.20. The molecule has 1 rings (SSSR count). The van der Waals surface area contributed by atoms with E-state index < -0.39 is 0 Å². The van der Waals surface area contributed by atoms with Gasteiger partial charge in [-0.3, -0.25) is 9.59 Å². The molecule has 0 aliphatic carbocycles. The van der Waals surface area contributed by atoms with Crippen molar-refractivity contribution in [2.75, 3.05) is 6.54 Å². The van der Waals surface area contributed by atoms with Gasteiger partial charge in [0, 0.05) is 25.9 Å². The minimum atomic E-state index is -0.0623. The number of nitrogens with zero attached hydrogens (tertiary/aromatic N) is 1. The van der Waals surface area contributed by atoms with E-state index in [1.807, 2.05) is 19.9 Å². The molecule has 1 aromatic heterocycles. The second-order valence-electron chi connectivity index (χ2n) is 4.65. The molecule has 5 heteroatoms. The Morgan fingerprint density at radius 3 is 2.74 bits per heavy atom. The Balaban J connectivity index is 2.42. The summed E-state index contributed by atoms with van der Waals surface area (Å²) in [5.41, 5.74) is 0. The van der Waals surface area contributed by atoms with Crippen LogP contribution in [-0.4, -0.2) is 29.3 Å². The third-order valence-electron chi connectivity index (χ3n) is 3.00. The molecule has 2 amide bonds. The maximum absolute atomic E-state index is 11.7. The zero-order valence-electron chi connectivity index (χ0n) is 11.8. The van der Waals surface area contributed by atoms with Crippen LogP contribution in [-0.2, 0) is 16.1 Å². The molecule has 0 radical (unpaired) electrons. The number of furan rings is 1. The molecule has 106 valence electrons. The molecule has 0 fully saturated rings. The van der Waals surface area contributed by atoms with Crippen LogP contribution in [0.3, 0.4) is 0 Å². The molecule has 1 heterocycles. The third kappa shape index (κ3) is 5.59. The first kappa shape index (κ1) is 15.3. The number of carbonyl (C=O) groups excluding carboxylic acids is 2. The van der Waals surface area contributed by atoms with E-state index in [0.717, 1.165) is 12.2 Å². The van der Waals surface area contributed by atoms with Crippen LogP contribution in [0.4, 0.5) is 0 Å². The quantitative estimate of drug-likeness (QED) is 0.820. The van der Waals surface area contributed by atoms with Gasteiger partial charge in [0.2, 0.25) is 11.8 Å². The molecule has 0 aliphatic rings. The van der Waals surface area contributed by atoms with Crippen molar-refractivity contribution in [1.29, 1.82) is 0 Å². The summed E-state index contributed by atoms with van der Waals surface area (Å²) < 4.78 is 5.21. The Morgan fingerprint density at radius 1 is 1.47 bits per heavy atom. The van der Waals surface area contributed by atoms with E-state index in [1.165, 1.54) is 6.92 Å². The molecule has 0 aromatic carbocycles. The second kappa shape index (κ2) is 7.61. The van der Waals surface area contributed by atoms with Crippen LogP contribution in [0.15, 0.2) is 22.8 Å². The van der Waals surface area contributed by atoms with Crippen molar-refractivity contribution >= 4 is 11.8 Å². The number of rotatable bonds is 7. The average Bonchev–Trinajstić information content (AvgIpc) is 2.86. The molecular formula is C14H22N2O3. The molecule has 1 N–H and O–H groups in total. The fraction of sp³-hybridized carbons (Fsp3) is 0.571. The number of nitrogens with one attached hydrogen (secondary N) is 1. The Hall–Kier alpha value is -1.78. The van der Waals surface area contributed by atoms with Crippen LogP contribution >= 0.6 is 0 Å². The largest absolute Gasteiger partial charge is 0.467 e. The molecular weight excluding hydrogens is 244 g/mol. The normalized spacial score (nSPS) is 11.9. The van der Waals surface area contributed by atoms with Gasteiger partial charge in [0.15, 0.2) is 0 Å². The van der Waals surface area contributed by atoms with Gasteiger partial charge in [-0.1, -0.05) is 6.92 Å². The summed E-state index contributed by atoms with van der Waals surface area (Å²) in [7, 11) is 0. The summed E-state index contributed by atoms with van der Waals surface area (Å²) in [4.78, 5) is 24.8. The molecule has 1 atom stereocenters. The lowest BCUT2D eigenvalue weighted by Crippen LogP contribution is -2.36. The molecule has 0 saturated heterocycles. The van der Waals surface area contributed by atoms with Crippen molar-refractivity contribution in [3.05, 3.63) is 24.2 Å². The van der Waals surface area contributed by atoms with Gasteiger partial charge in [0.1, 0.15) is 5.76 Å². The third-order valence-corrected chi connectivity index (χ3v) is 3.00. The van der Waals surface area contributed by atoms with Gasteiger partial charge in [0.25, 0.3) is 0 Å². The lowest BCUT2D eigenvalue weighted by molar-refractivity contribution is -0.130. The Kier molecular flexibility index (Phi) is 6.12. The predicted molar refractivity (Wildman–Crippen MR) is 72.3 cm³/mol. The molecule has 5 nitrogen and oxygen atoms in total. The van der Waals surface area contributed by atoms with Crippen LogP contribution in [0.1, 0.15) is 39.4 Å². The van der Waals surface area contributed by atoms with Gasteiger partial charge in [-0.2, -0.15) is 0 Å². The van der Waals surface area contributed by atoms with Crippen molar-refractivity contribution in [1.82, 2.24) is 10.2 Å². The maximum Gasteiger partial charge on any atom is 0.221 e. The fourth-order valence-electron chi connectivity index (χ4n) is 1.62. The molecule has 1 unspecified atom stereocenters. The summed E-state index contributed by atoms with van der Waals surface area (Å²) in [6, 6.07) is 3.77. The predicted octanol–water partition coefficient (Wildman–Crippen LogP) is 1.93. The van der Waals surface area contributed by atoms with Crippen molar-refractivity contribution in [3.8, 4) is 0 Å². The summed E-state index contributed by atoms with van der Waals surface area (Å²) in [6.45, 7) is 6.28. The Morgan fingerprint density at radius 2 is 2.21 bits per heavy atom. The highest BCUT2D eigenvalue weighted by Gasteiger charge is 2.13. The monoisotopic (exact) mass is 266 g/mol. The SMILES string of the molecule is CCC(C)NC(=O)CCN(Cc1ccco1)C(C)=O. The van der Waals surface area contributed by atoms with Crippen LogP contribution in [0.2, 0.25) is 0 Å². The van der Waals surface area contributed by atoms with Gasteiger partial charge in [0.05, 0.1) is 12.8 Å². The summed E-state index contributed by atoms with van der Waals surface area (Å²) in [5.74, 6) is 0.630. The van der Waals surface area contributed by atoms with Gasteiger partial charge in [-0.25, -0.2) is 0 Å². The average molecular weight is 266 g/mol. The molecule has 0 spiro atoms. The lowest BCUT2D eigenvalue weighted by atomic mass is 10.2. The zero-order chi connectivity index (χ0) is 14.3. The van der Waals surface area contributed by atoms with E-state index in [0.29, 0.717) is 19.5 Å². The molecule has 0 bridgehead atoms. The number of hydrogen-bond donors (Lipinski definition) is 1. The van der Waals surface area contributed by atoms with E-state index >= 15 is 0 Å².